The minimum Gasteiger partial charge on any atom is -0.394 e. The summed E-state index contributed by atoms with van der Waals surface area (Å²) in [7, 11) is 0. The lowest BCUT2D eigenvalue weighted by Crippen LogP contribution is -2.35. The fraction of sp³-hybridized carbons (Fsp3) is 0.462. The third kappa shape index (κ3) is 1.94. The first-order valence-corrected chi connectivity index (χ1v) is 7.39. The van der Waals surface area contributed by atoms with Crippen LogP contribution in [0.2, 0.25) is 0 Å². The molecule has 20 heavy (non-hydrogen) atoms. The number of nitro benzene ring substituents is 1. The number of nitro groups is 1. The highest BCUT2D eigenvalue weighted by molar-refractivity contribution is 7.16. The SMILES string of the molecule is CC1CCN(c2ccc3scnc3c2[N+](=O)[O-])C1CO. The zero-order valence-corrected chi connectivity index (χ0v) is 11.8. The Kier molecular flexibility index (Phi) is 3.31. The van der Waals surface area contributed by atoms with Crippen LogP contribution in [0.25, 0.3) is 10.2 Å². The van der Waals surface area contributed by atoms with Gasteiger partial charge in [-0.15, -0.1) is 11.3 Å². The van der Waals surface area contributed by atoms with E-state index >= 15 is 0 Å². The van der Waals surface area contributed by atoms with Crippen molar-refractivity contribution < 1.29 is 10.0 Å². The van der Waals surface area contributed by atoms with Crippen molar-refractivity contribution in [1.29, 1.82) is 0 Å². The maximum Gasteiger partial charge on any atom is 0.319 e. The standard InChI is InChI=1S/C13H15N3O3S/c1-8-4-5-15(10(8)6-17)9-2-3-11-12(14-7-20-11)13(9)16(18)19/h2-3,7-8,10,17H,4-6H2,1H3. The minimum absolute atomic E-state index is 0.00736. The van der Waals surface area contributed by atoms with Gasteiger partial charge in [0.1, 0.15) is 5.69 Å². The minimum atomic E-state index is -0.366. The van der Waals surface area contributed by atoms with Crippen LogP contribution in [0, 0.1) is 16.0 Å². The highest BCUT2D eigenvalue weighted by Crippen LogP contribution is 2.40. The van der Waals surface area contributed by atoms with Crippen LogP contribution in [-0.2, 0) is 0 Å². The largest absolute Gasteiger partial charge is 0.394 e. The molecular formula is C13H15N3O3S. The van der Waals surface area contributed by atoms with Crippen molar-refractivity contribution in [3.63, 3.8) is 0 Å². The molecule has 2 atom stereocenters. The lowest BCUT2D eigenvalue weighted by atomic mass is 10.0. The molecule has 0 amide bonds. The van der Waals surface area contributed by atoms with E-state index in [1.165, 1.54) is 11.3 Å². The zero-order chi connectivity index (χ0) is 14.3. The Hall–Kier alpha value is -1.73. The number of aliphatic hydroxyl groups excluding tert-OH is 1. The Labute approximate surface area is 119 Å². The van der Waals surface area contributed by atoms with Gasteiger partial charge in [-0.1, -0.05) is 6.92 Å². The number of aromatic nitrogens is 1. The van der Waals surface area contributed by atoms with Crippen LogP contribution in [-0.4, -0.2) is 34.2 Å². The van der Waals surface area contributed by atoms with E-state index in [0.29, 0.717) is 17.1 Å². The molecule has 0 radical (unpaired) electrons. The predicted molar refractivity (Wildman–Crippen MR) is 78.3 cm³/mol. The number of aliphatic hydroxyl groups is 1. The Morgan fingerprint density at radius 3 is 3.10 bits per heavy atom. The molecule has 2 heterocycles. The number of hydrogen-bond donors (Lipinski definition) is 1. The predicted octanol–water partition coefficient (Wildman–Crippen LogP) is 2.41. The maximum absolute atomic E-state index is 11.4. The van der Waals surface area contributed by atoms with Gasteiger partial charge in [0.05, 0.1) is 27.8 Å². The molecule has 1 saturated heterocycles. The number of anilines is 1. The number of thiazole rings is 1. The van der Waals surface area contributed by atoms with E-state index in [9.17, 15) is 15.2 Å². The summed E-state index contributed by atoms with van der Waals surface area (Å²) < 4.78 is 0.813. The van der Waals surface area contributed by atoms with Gasteiger partial charge in [-0.2, -0.15) is 0 Å². The first-order valence-electron chi connectivity index (χ1n) is 6.51. The third-order valence-electron chi connectivity index (χ3n) is 4.02. The molecular weight excluding hydrogens is 278 g/mol. The molecule has 2 unspecified atom stereocenters. The highest BCUT2D eigenvalue weighted by Gasteiger charge is 2.35. The highest BCUT2D eigenvalue weighted by atomic mass is 32.1. The molecule has 7 heteroatoms. The topological polar surface area (TPSA) is 79.5 Å². The number of rotatable bonds is 3. The van der Waals surface area contributed by atoms with E-state index < -0.39 is 0 Å². The number of hydrogen-bond acceptors (Lipinski definition) is 6. The Morgan fingerprint density at radius 2 is 2.40 bits per heavy atom. The third-order valence-corrected chi connectivity index (χ3v) is 4.81. The second-order valence-corrected chi connectivity index (χ2v) is 5.99. The van der Waals surface area contributed by atoms with Crippen LogP contribution in [0.15, 0.2) is 17.6 Å². The molecule has 1 aromatic heterocycles. The Balaban J connectivity index is 2.16. The van der Waals surface area contributed by atoms with Crippen LogP contribution < -0.4 is 4.90 Å². The van der Waals surface area contributed by atoms with E-state index in [4.69, 9.17) is 0 Å². The first kappa shape index (κ1) is 13.3. The number of nitrogens with zero attached hydrogens (tertiary/aromatic N) is 3. The molecule has 1 fully saturated rings. The molecule has 3 rings (SSSR count). The molecule has 106 valence electrons. The average Bonchev–Trinajstić information content (AvgIpc) is 3.02. The average molecular weight is 293 g/mol. The van der Waals surface area contributed by atoms with Gasteiger partial charge in [0.25, 0.3) is 0 Å². The molecule has 0 saturated carbocycles. The molecule has 0 aliphatic carbocycles. The summed E-state index contributed by atoms with van der Waals surface area (Å²) in [6, 6.07) is 3.58. The van der Waals surface area contributed by atoms with E-state index in [1.807, 2.05) is 11.0 Å². The van der Waals surface area contributed by atoms with E-state index in [0.717, 1.165) is 17.7 Å². The van der Waals surface area contributed by atoms with Crippen LogP contribution in [0.3, 0.4) is 0 Å². The smallest absolute Gasteiger partial charge is 0.319 e. The summed E-state index contributed by atoms with van der Waals surface area (Å²) in [5.41, 5.74) is 2.68. The van der Waals surface area contributed by atoms with Gasteiger partial charge in [-0.3, -0.25) is 10.1 Å². The second-order valence-electron chi connectivity index (χ2n) is 5.10. The van der Waals surface area contributed by atoms with Gasteiger partial charge in [-0.05, 0) is 24.5 Å². The van der Waals surface area contributed by atoms with Gasteiger partial charge in [-0.25, -0.2) is 4.98 Å². The van der Waals surface area contributed by atoms with Crippen LogP contribution in [0.4, 0.5) is 11.4 Å². The summed E-state index contributed by atoms with van der Waals surface area (Å²) in [5.74, 6) is 0.325. The molecule has 6 nitrogen and oxygen atoms in total. The van der Waals surface area contributed by atoms with Crippen molar-refractivity contribution in [1.82, 2.24) is 4.98 Å². The van der Waals surface area contributed by atoms with Gasteiger partial charge in [0.15, 0.2) is 5.52 Å². The number of benzene rings is 1. The first-order chi connectivity index (χ1) is 9.63. The molecule has 1 aliphatic rings. The lowest BCUT2D eigenvalue weighted by Gasteiger charge is -2.26. The number of fused-ring (bicyclic) bond motifs is 1. The Bertz CT molecular complexity index is 657. The molecule has 2 aromatic rings. The summed E-state index contributed by atoms with van der Waals surface area (Å²) in [6.45, 7) is 2.80. The fourth-order valence-corrected chi connectivity index (χ4v) is 3.58. The van der Waals surface area contributed by atoms with Gasteiger partial charge in [0.2, 0.25) is 0 Å². The van der Waals surface area contributed by atoms with Gasteiger partial charge < -0.3 is 10.0 Å². The molecule has 1 aromatic carbocycles. The summed E-state index contributed by atoms with van der Waals surface area (Å²) >= 11 is 1.39. The van der Waals surface area contributed by atoms with Gasteiger partial charge >= 0.3 is 5.69 Å². The second kappa shape index (κ2) is 4.99. The van der Waals surface area contributed by atoms with E-state index in [1.54, 1.807) is 11.6 Å². The van der Waals surface area contributed by atoms with E-state index in [-0.39, 0.29) is 23.3 Å². The molecule has 1 N–H and O–H groups in total. The van der Waals surface area contributed by atoms with Crippen LogP contribution in [0.1, 0.15) is 13.3 Å². The van der Waals surface area contributed by atoms with Crippen molar-refractivity contribution >= 4 is 32.9 Å². The summed E-state index contributed by atoms with van der Waals surface area (Å²) in [4.78, 5) is 17.2. The van der Waals surface area contributed by atoms with Crippen molar-refractivity contribution in [2.75, 3.05) is 18.1 Å². The normalized spacial score (nSPS) is 22.6. The monoisotopic (exact) mass is 293 g/mol. The van der Waals surface area contributed by atoms with Gasteiger partial charge in [0, 0.05) is 6.54 Å². The van der Waals surface area contributed by atoms with Crippen molar-refractivity contribution in [3.05, 3.63) is 27.8 Å². The molecule has 0 spiro atoms. The maximum atomic E-state index is 11.4. The van der Waals surface area contributed by atoms with Crippen LogP contribution in [0.5, 0.6) is 0 Å². The molecule has 0 bridgehead atoms. The van der Waals surface area contributed by atoms with Crippen molar-refractivity contribution in [2.45, 2.75) is 19.4 Å². The lowest BCUT2D eigenvalue weighted by molar-refractivity contribution is -0.382. The quantitative estimate of drug-likeness (QED) is 0.694. The Morgan fingerprint density at radius 1 is 1.60 bits per heavy atom. The van der Waals surface area contributed by atoms with E-state index in [2.05, 4.69) is 11.9 Å². The van der Waals surface area contributed by atoms with Crippen molar-refractivity contribution in [2.24, 2.45) is 5.92 Å². The summed E-state index contributed by atoms with van der Waals surface area (Å²) in [5, 5.41) is 21.0. The fourth-order valence-electron chi connectivity index (χ4n) is 2.90. The van der Waals surface area contributed by atoms with Crippen molar-refractivity contribution in [3.8, 4) is 0 Å². The summed E-state index contributed by atoms with van der Waals surface area (Å²) in [6.07, 6.45) is 0.928. The molecule has 1 aliphatic heterocycles. The zero-order valence-electron chi connectivity index (χ0n) is 11.0. The van der Waals surface area contributed by atoms with Crippen LogP contribution >= 0.6 is 11.3 Å².